The number of nitrogens with one attached hydrogen (secondary N) is 1. The van der Waals surface area contributed by atoms with Gasteiger partial charge in [0.05, 0.1) is 4.21 Å². The maximum atomic E-state index is 11.5. The molecule has 1 unspecified atom stereocenters. The lowest BCUT2D eigenvalue weighted by Crippen LogP contribution is -2.33. The van der Waals surface area contributed by atoms with Crippen LogP contribution in [-0.2, 0) is 10.0 Å². The van der Waals surface area contributed by atoms with Gasteiger partial charge in [-0.15, -0.1) is 11.3 Å². The van der Waals surface area contributed by atoms with Gasteiger partial charge in [0.25, 0.3) is 0 Å². The predicted octanol–water partition coefficient (Wildman–Crippen LogP) is 1.73. The number of nitrogens with two attached hydrogens (primary N) is 1. The van der Waals surface area contributed by atoms with Gasteiger partial charge in [-0.05, 0) is 49.1 Å². The zero-order valence-electron chi connectivity index (χ0n) is 11.5. The highest BCUT2D eigenvalue weighted by molar-refractivity contribution is 7.99. The Labute approximate surface area is 132 Å². The SMILES string of the molecule is CNC1CN(CCCSC)Sc2sc(S(N)(=O)=O)cc21. The summed E-state index contributed by atoms with van der Waals surface area (Å²) in [5, 5.41) is 8.48. The molecule has 0 bridgehead atoms. The molecule has 9 heteroatoms. The van der Waals surface area contributed by atoms with E-state index in [1.807, 2.05) is 18.8 Å². The molecule has 1 aromatic heterocycles. The summed E-state index contributed by atoms with van der Waals surface area (Å²) in [5.41, 5.74) is 1.05. The first kappa shape index (κ1) is 16.6. The fraction of sp³-hybridized carbons (Fsp3) is 0.636. The zero-order valence-corrected chi connectivity index (χ0v) is 14.7. The molecular weight excluding hydrogens is 334 g/mol. The third kappa shape index (κ3) is 3.90. The van der Waals surface area contributed by atoms with Gasteiger partial charge in [0.2, 0.25) is 10.0 Å². The number of likely N-dealkylation sites (N-methyl/N-ethyl adjacent to an activating group) is 1. The Kier molecular flexibility index (Phi) is 5.80. The Hall–Kier alpha value is 0.230. The molecule has 2 heterocycles. The molecule has 0 saturated heterocycles. The molecule has 1 atom stereocenters. The number of sulfonamides is 1. The molecule has 0 saturated carbocycles. The monoisotopic (exact) mass is 353 g/mol. The lowest BCUT2D eigenvalue weighted by atomic mass is 10.1. The van der Waals surface area contributed by atoms with Gasteiger partial charge in [-0.3, -0.25) is 0 Å². The summed E-state index contributed by atoms with van der Waals surface area (Å²) in [5.74, 6) is 1.14. The molecule has 114 valence electrons. The number of hydrogen-bond donors (Lipinski definition) is 2. The fourth-order valence-electron chi connectivity index (χ4n) is 2.05. The highest BCUT2D eigenvalue weighted by Gasteiger charge is 2.29. The smallest absolute Gasteiger partial charge is 0.247 e. The van der Waals surface area contributed by atoms with Gasteiger partial charge in [-0.1, -0.05) is 0 Å². The van der Waals surface area contributed by atoms with Gasteiger partial charge < -0.3 is 5.32 Å². The van der Waals surface area contributed by atoms with Crippen molar-refractivity contribution >= 4 is 45.1 Å². The molecule has 0 spiro atoms. The predicted molar refractivity (Wildman–Crippen MR) is 87.9 cm³/mol. The van der Waals surface area contributed by atoms with Crippen LogP contribution in [-0.4, -0.2) is 44.9 Å². The van der Waals surface area contributed by atoms with Crippen LogP contribution < -0.4 is 10.5 Å². The number of hydrogen-bond acceptors (Lipinski definition) is 7. The number of thioether (sulfide) groups is 1. The van der Waals surface area contributed by atoms with Crippen molar-refractivity contribution in [1.29, 1.82) is 0 Å². The van der Waals surface area contributed by atoms with Gasteiger partial charge in [-0.2, -0.15) is 11.8 Å². The van der Waals surface area contributed by atoms with Crippen LogP contribution in [0.3, 0.4) is 0 Å². The van der Waals surface area contributed by atoms with E-state index in [4.69, 9.17) is 5.14 Å². The molecule has 0 amide bonds. The molecule has 1 aliphatic heterocycles. The van der Waals surface area contributed by atoms with E-state index in [2.05, 4.69) is 15.9 Å². The normalized spacial score (nSPS) is 20.1. The number of rotatable bonds is 6. The van der Waals surface area contributed by atoms with E-state index in [-0.39, 0.29) is 10.3 Å². The van der Waals surface area contributed by atoms with Gasteiger partial charge >= 0.3 is 0 Å². The maximum absolute atomic E-state index is 11.5. The minimum absolute atomic E-state index is 0.160. The van der Waals surface area contributed by atoms with Crippen molar-refractivity contribution in [3.63, 3.8) is 0 Å². The molecular formula is C11H19N3O2S4. The van der Waals surface area contributed by atoms with E-state index in [1.165, 1.54) is 11.3 Å². The quantitative estimate of drug-likeness (QED) is 0.599. The van der Waals surface area contributed by atoms with Crippen molar-refractivity contribution < 1.29 is 8.42 Å². The molecule has 2 rings (SSSR count). The van der Waals surface area contributed by atoms with Crippen LogP contribution in [0, 0.1) is 0 Å². The second-order valence-electron chi connectivity index (χ2n) is 4.52. The highest BCUT2D eigenvalue weighted by Crippen LogP contribution is 2.43. The van der Waals surface area contributed by atoms with Crippen LogP contribution in [0.4, 0.5) is 0 Å². The van der Waals surface area contributed by atoms with E-state index in [0.29, 0.717) is 0 Å². The van der Waals surface area contributed by atoms with E-state index >= 15 is 0 Å². The summed E-state index contributed by atoms with van der Waals surface area (Å²) in [6.45, 7) is 1.88. The van der Waals surface area contributed by atoms with Crippen molar-refractivity contribution in [1.82, 2.24) is 9.62 Å². The van der Waals surface area contributed by atoms with E-state index in [9.17, 15) is 8.42 Å². The Bertz CT molecular complexity index is 558. The second kappa shape index (κ2) is 6.99. The van der Waals surface area contributed by atoms with Gasteiger partial charge in [0.1, 0.15) is 4.21 Å². The van der Waals surface area contributed by atoms with Gasteiger partial charge in [-0.25, -0.2) is 17.9 Å². The lowest BCUT2D eigenvalue weighted by molar-refractivity contribution is 0.391. The molecule has 1 aromatic rings. The van der Waals surface area contributed by atoms with Crippen LogP contribution in [0.1, 0.15) is 18.0 Å². The van der Waals surface area contributed by atoms with Crippen molar-refractivity contribution in [3.05, 3.63) is 11.6 Å². The molecule has 0 aromatic carbocycles. The lowest BCUT2D eigenvalue weighted by Gasteiger charge is -2.31. The first-order valence-electron chi connectivity index (χ1n) is 6.21. The van der Waals surface area contributed by atoms with Crippen LogP contribution in [0.15, 0.2) is 14.5 Å². The fourth-order valence-corrected chi connectivity index (χ4v) is 6.03. The Morgan fingerprint density at radius 2 is 2.35 bits per heavy atom. The number of thiophene rings is 1. The minimum atomic E-state index is -3.61. The van der Waals surface area contributed by atoms with Crippen LogP contribution in [0.25, 0.3) is 0 Å². The summed E-state index contributed by atoms with van der Waals surface area (Å²) in [7, 11) is -1.71. The van der Waals surface area contributed by atoms with Crippen LogP contribution in [0.5, 0.6) is 0 Å². The van der Waals surface area contributed by atoms with E-state index < -0.39 is 10.0 Å². The average Bonchev–Trinajstić information content (AvgIpc) is 2.82. The second-order valence-corrected chi connectivity index (χ2v) is 9.71. The number of fused-ring (bicyclic) bond motifs is 1. The molecule has 0 aliphatic carbocycles. The van der Waals surface area contributed by atoms with Gasteiger partial charge in [0, 0.05) is 19.1 Å². The number of nitrogens with zero attached hydrogens (tertiary/aromatic N) is 1. The Morgan fingerprint density at radius 3 is 2.95 bits per heavy atom. The molecule has 1 aliphatic rings. The number of primary sulfonamides is 1. The summed E-state index contributed by atoms with van der Waals surface area (Å²) in [6, 6.07) is 1.87. The Morgan fingerprint density at radius 1 is 1.60 bits per heavy atom. The summed E-state index contributed by atoms with van der Waals surface area (Å²) in [4.78, 5) is 0. The molecule has 20 heavy (non-hydrogen) atoms. The average molecular weight is 354 g/mol. The molecule has 0 radical (unpaired) electrons. The maximum Gasteiger partial charge on any atom is 0.247 e. The van der Waals surface area contributed by atoms with Gasteiger partial charge in [0.15, 0.2) is 0 Å². The zero-order chi connectivity index (χ0) is 14.8. The van der Waals surface area contributed by atoms with E-state index in [0.717, 1.165) is 35.0 Å². The Balaban J connectivity index is 2.18. The first-order chi connectivity index (χ1) is 9.45. The van der Waals surface area contributed by atoms with E-state index in [1.54, 1.807) is 18.0 Å². The van der Waals surface area contributed by atoms with Crippen molar-refractivity contribution in [3.8, 4) is 0 Å². The van der Waals surface area contributed by atoms with Crippen LogP contribution >= 0.6 is 35.0 Å². The molecule has 5 nitrogen and oxygen atoms in total. The topological polar surface area (TPSA) is 75.4 Å². The first-order valence-corrected chi connectivity index (χ1v) is 10.7. The van der Waals surface area contributed by atoms with Crippen molar-refractivity contribution in [2.45, 2.75) is 20.9 Å². The largest absolute Gasteiger partial charge is 0.312 e. The summed E-state index contributed by atoms with van der Waals surface area (Å²) in [6.07, 6.45) is 3.24. The van der Waals surface area contributed by atoms with Crippen molar-refractivity contribution in [2.75, 3.05) is 32.1 Å². The van der Waals surface area contributed by atoms with Crippen molar-refractivity contribution in [2.24, 2.45) is 5.14 Å². The summed E-state index contributed by atoms with van der Waals surface area (Å²) >= 11 is 4.76. The minimum Gasteiger partial charge on any atom is -0.312 e. The highest BCUT2D eigenvalue weighted by atomic mass is 32.3. The third-order valence-corrected chi connectivity index (χ3v) is 7.59. The third-order valence-electron chi connectivity index (χ3n) is 3.06. The summed E-state index contributed by atoms with van der Waals surface area (Å²) < 4.78 is 26.5. The van der Waals surface area contributed by atoms with Crippen LogP contribution in [0.2, 0.25) is 0 Å². The molecule has 0 fully saturated rings. The standard InChI is InChI=1S/C11H19N3O2S4/c1-13-9-7-14(4-3-5-17-2)19-11-8(9)6-10(18-11)20(12,15)16/h6,9,13H,3-5,7H2,1-2H3,(H2,12,15,16). The molecule has 3 N–H and O–H groups in total.